The molecule has 1 fully saturated rings. The van der Waals surface area contributed by atoms with E-state index in [2.05, 4.69) is 30.7 Å². The van der Waals surface area contributed by atoms with Crippen molar-refractivity contribution in [3.63, 3.8) is 0 Å². The second-order valence-corrected chi connectivity index (χ2v) is 6.05. The highest BCUT2D eigenvalue weighted by atomic mass is 16.5. The molecular formula is C14H23N3O. The number of nitrogens with zero attached hydrogens (tertiary/aromatic N) is 2. The largest absolute Gasteiger partial charge is 0.384 e. The van der Waals surface area contributed by atoms with Gasteiger partial charge in [-0.15, -0.1) is 0 Å². The molecule has 1 atom stereocenters. The minimum Gasteiger partial charge on any atom is -0.384 e. The van der Waals surface area contributed by atoms with Crippen molar-refractivity contribution in [2.75, 3.05) is 12.3 Å². The maximum Gasteiger partial charge on any atom is 0.160 e. The molecule has 4 heteroatoms. The van der Waals surface area contributed by atoms with E-state index in [0.717, 1.165) is 11.5 Å². The van der Waals surface area contributed by atoms with Gasteiger partial charge in [-0.25, -0.2) is 9.97 Å². The number of nitrogens with two attached hydrogens (primary N) is 1. The Labute approximate surface area is 109 Å². The fraction of sp³-hybridized carbons (Fsp3) is 0.714. The number of ether oxygens (including phenoxy) is 1. The zero-order valence-corrected chi connectivity index (χ0v) is 11.7. The van der Waals surface area contributed by atoms with Crippen LogP contribution >= 0.6 is 0 Å². The highest BCUT2D eigenvalue weighted by Crippen LogP contribution is 2.41. The van der Waals surface area contributed by atoms with E-state index in [1.54, 1.807) is 0 Å². The molecule has 0 aromatic carbocycles. The van der Waals surface area contributed by atoms with E-state index in [4.69, 9.17) is 10.5 Å². The molecule has 0 saturated heterocycles. The van der Waals surface area contributed by atoms with E-state index in [0.29, 0.717) is 18.3 Å². The number of hydrogen-bond donors (Lipinski definition) is 1. The van der Waals surface area contributed by atoms with Crippen molar-refractivity contribution in [2.24, 2.45) is 5.41 Å². The summed E-state index contributed by atoms with van der Waals surface area (Å²) in [7, 11) is 0. The average Bonchev–Trinajstić information content (AvgIpc) is 3.06. The van der Waals surface area contributed by atoms with Gasteiger partial charge in [-0.3, -0.25) is 0 Å². The first-order valence-electron chi connectivity index (χ1n) is 6.67. The van der Waals surface area contributed by atoms with Crippen molar-refractivity contribution in [2.45, 2.75) is 52.6 Å². The minimum atomic E-state index is -0.108. The second kappa shape index (κ2) is 4.84. The van der Waals surface area contributed by atoms with Crippen LogP contribution in [0.5, 0.6) is 0 Å². The van der Waals surface area contributed by atoms with Gasteiger partial charge in [-0.05, 0) is 25.2 Å². The lowest BCUT2D eigenvalue weighted by molar-refractivity contribution is -0.0191. The van der Waals surface area contributed by atoms with Crippen molar-refractivity contribution >= 4 is 5.82 Å². The lowest BCUT2D eigenvalue weighted by Crippen LogP contribution is -2.24. The summed E-state index contributed by atoms with van der Waals surface area (Å²) in [5, 5.41) is 0. The molecule has 1 heterocycles. The van der Waals surface area contributed by atoms with Crippen molar-refractivity contribution in [1.82, 2.24) is 9.97 Å². The Bertz CT molecular complexity index is 422. The van der Waals surface area contributed by atoms with Crippen molar-refractivity contribution in [1.29, 1.82) is 0 Å². The molecule has 100 valence electrons. The maximum absolute atomic E-state index is 5.90. The molecule has 0 bridgehead atoms. The Kier molecular flexibility index (Phi) is 3.57. The van der Waals surface area contributed by atoms with Gasteiger partial charge in [0.15, 0.2) is 5.82 Å². The summed E-state index contributed by atoms with van der Waals surface area (Å²) in [5.74, 6) is 1.86. The Balaban J connectivity index is 2.34. The van der Waals surface area contributed by atoms with Crippen LogP contribution in [0.25, 0.3) is 0 Å². The molecule has 18 heavy (non-hydrogen) atoms. The Morgan fingerprint density at radius 2 is 2.06 bits per heavy atom. The van der Waals surface area contributed by atoms with Gasteiger partial charge in [-0.2, -0.15) is 0 Å². The van der Waals surface area contributed by atoms with E-state index >= 15 is 0 Å². The van der Waals surface area contributed by atoms with Crippen molar-refractivity contribution in [3.05, 3.63) is 17.6 Å². The molecular weight excluding hydrogens is 226 g/mol. The first-order chi connectivity index (χ1) is 8.41. The normalized spacial score (nSPS) is 17.8. The maximum atomic E-state index is 5.90. The van der Waals surface area contributed by atoms with Crippen LogP contribution in [0.3, 0.4) is 0 Å². The summed E-state index contributed by atoms with van der Waals surface area (Å²) in [4.78, 5) is 9.04. The molecule has 1 aromatic heterocycles. The molecule has 1 aliphatic rings. The molecule has 0 amide bonds. The predicted molar refractivity (Wildman–Crippen MR) is 72.2 cm³/mol. The monoisotopic (exact) mass is 249 g/mol. The summed E-state index contributed by atoms with van der Waals surface area (Å²) in [5.41, 5.74) is 6.93. The Morgan fingerprint density at radius 1 is 1.39 bits per heavy atom. The van der Waals surface area contributed by atoms with Gasteiger partial charge in [0.05, 0.1) is 0 Å². The molecule has 1 saturated carbocycles. The van der Waals surface area contributed by atoms with Crippen LogP contribution in [-0.4, -0.2) is 16.6 Å². The van der Waals surface area contributed by atoms with Gasteiger partial charge in [0.25, 0.3) is 0 Å². The van der Waals surface area contributed by atoms with E-state index in [9.17, 15) is 0 Å². The molecule has 4 nitrogen and oxygen atoms in total. The van der Waals surface area contributed by atoms with Crippen LogP contribution in [0.15, 0.2) is 6.07 Å². The molecule has 0 radical (unpaired) electrons. The van der Waals surface area contributed by atoms with Gasteiger partial charge < -0.3 is 10.5 Å². The van der Waals surface area contributed by atoms with E-state index in [1.165, 1.54) is 12.8 Å². The van der Waals surface area contributed by atoms with Gasteiger partial charge in [0.1, 0.15) is 11.9 Å². The van der Waals surface area contributed by atoms with Crippen LogP contribution in [0.1, 0.15) is 64.1 Å². The van der Waals surface area contributed by atoms with Gasteiger partial charge in [0.2, 0.25) is 0 Å². The molecule has 1 unspecified atom stereocenters. The van der Waals surface area contributed by atoms with Gasteiger partial charge in [0, 0.05) is 24.3 Å². The summed E-state index contributed by atoms with van der Waals surface area (Å²) in [6.07, 6.45) is 2.32. The quantitative estimate of drug-likeness (QED) is 0.890. The predicted octanol–water partition coefficient (Wildman–Crippen LogP) is 3.06. The van der Waals surface area contributed by atoms with Crippen LogP contribution in [0, 0.1) is 5.41 Å². The minimum absolute atomic E-state index is 0.0371. The third-order valence-corrected chi connectivity index (χ3v) is 3.13. The standard InChI is InChI=1S/C14H23N3O/c1-5-18-12(14(2,3)4)13-16-10(9-6-7-9)8-11(15)17-13/h8-9,12H,5-7H2,1-4H3,(H2,15,16,17). The molecule has 2 rings (SSSR count). The fourth-order valence-corrected chi connectivity index (χ4v) is 2.09. The summed E-state index contributed by atoms with van der Waals surface area (Å²) in [6, 6.07) is 1.90. The van der Waals surface area contributed by atoms with Crippen LogP contribution in [0.2, 0.25) is 0 Å². The zero-order valence-electron chi connectivity index (χ0n) is 11.7. The first-order valence-corrected chi connectivity index (χ1v) is 6.67. The Hall–Kier alpha value is -1.16. The van der Waals surface area contributed by atoms with Gasteiger partial charge >= 0.3 is 0 Å². The first kappa shape index (κ1) is 13.3. The van der Waals surface area contributed by atoms with Crippen molar-refractivity contribution < 1.29 is 4.74 Å². The molecule has 1 aliphatic carbocycles. The smallest absolute Gasteiger partial charge is 0.160 e. The zero-order chi connectivity index (χ0) is 13.3. The molecule has 0 aliphatic heterocycles. The molecule has 0 spiro atoms. The third-order valence-electron chi connectivity index (χ3n) is 3.13. The highest BCUT2D eigenvalue weighted by Gasteiger charge is 2.32. The second-order valence-electron chi connectivity index (χ2n) is 6.05. The van der Waals surface area contributed by atoms with Crippen LogP contribution in [-0.2, 0) is 4.74 Å². The number of anilines is 1. The van der Waals surface area contributed by atoms with Gasteiger partial charge in [-0.1, -0.05) is 20.8 Å². The SMILES string of the molecule is CCOC(c1nc(N)cc(C2CC2)n1)C(C)(C)C. The lowest BCUT2D eigenvalue weighted by Gasteiger charge is -2.29. The average molecular weight is 249 g/mol. The number of rotatable bonds is 4. The summed E-state index contributed by atoms with van der Waals surface area (Å²) >= 11 is 0. The van der Waals surface area contributed by atoms with E-state index in [-0.39, 0.29) is 11.5 Å². The van der Waals surface area contributed by atoms with Crippen molar-refractivity contribution in [3.8, 4) is 0 Å². The summed E-state index contributed by atoms with van der Waals surface area (Å²) < 4.78 is 5.82. The van der Waals surface area contributed by atoms with Crippen LogP contribution < -0.4 is 5.73 Å². The number of nitrogen functional groups attached to an aromatic ring is 1. The number of aromatic nitrogens is 2. The Morgan fingerprint density at radius 3 is 2.56 bits per heavy atom. The van der Waals surface area contributed by atoms with Crippen LogP contribution in [0.4, 0.5) is 5.82 Å². The fourth-order valence-electron chi connectivity index (χ4n) is 2.09. The third kappa shape index (κ3) is 2.99. The molecule has 2 N–H and O–H groups in total. The van der Waals surface area contributed by atoms with E-state index < -0.39 is 0 Å². The van der Waals surface area contributed by atoms with E-state index in [1.807, 2.05) is 13.0 Å². The molecule has 1 aromatic rings. The summed E-state index contributed by atoms with van der Waals surface area (Å²) in [6.45, 7) is 9.05. The topological polar surface area (TPSA) is 61.0 Å². The lowest BCUT2D eigenvalue weighted by atomic mass is 9.88. The highest BCUT2D eigenvalue weighted by molar-refractivity contribution is 5.33. The number of hydrogen-bond acceptors (Lipinski definition) is 4.